The molecule has 0 aromatic carbocycles. The molecule has 0 amide bonds. The first-order chi connectivity index (χ1) is 8.18. The van der Waals surface area contributed by atoms with Crippen LogP contribution in [0.4, 0.5) is 0 Å². The lowest BCUT2D eigenvalue weighted by Gasteiger charge is -2.43. The molecule has 0 saturated heterocycles. The fraction of sp³-hybridized carbons (Fsp3) is 0.909. The average molecular weight is 277 g/mol. The average Bonchev–Trinajstić information content (AvgIpc) is 2.28. The number of nitrogens with two attached hydrogens (primary N) is 2. The minimum Gasteiger partial charge on any atom is -0.376 e. The van der Waals surface area contributed by atoms with Crippen LogP contribution in [0, 0.1) is 5.92 Å². The summed E-state index contributed by atoms with van der Waals surface area (Å²) >= 11 is 0. The molecule has 0 aromatic heterocycles. The van der Waals surface area contributed by atoms with Crippen molar-refractivity contribution < 1.29 is 13.3 Å². The molecule has 108 valence electrons. The summed E-state index contributed by atoms with van der Waals surface area (Å²) < 4.78 is 16.7. The van der Waals surface area contributed by atoms with Gasteiger partial charge in [-0.1, -0.05) is 27.7 Å². The van der Waals surface area contributed by atoms with Crippen molar-refractivity contribution in [3.05, 3.63) is 0 Å². The largest absolute Gasteiger partial charge is 0.508 e. The normalized spacial score (nSPS) is 14.7. The van der Waals surface area contributed by atoms with E-state index in [9.17, 15) is 0 Å². The van der Waals surface area contributed by atoms with Gasteiger partial charge in [-0.15, -0.1) is 0 Å². The predicted octanol–water partition coefficient (Wildman–Crippen LogP) is 0.943. The van der Waals surface area contributed by atoms with Crippen LogP contribution in [0.2, 0.25) is 5.04 Å². The van der Waals surface area contributed by atoms with Gasteiger partial charge in [0.1, 0.15) is 0 Å². The molecule has 0 rings (SSSR count). The Balaban J connectivity index is 5.59. The molecule has 0 fully saturated rings. The minimum absolute atomic E-state index is 0.0629. The molecule has 0 aliphatic rings. The van der Waals surface area contributed by atoms with E-state index in [-0.39, 0.29) is 17.9 Å². The lowest BCUT2D eigenvalue weighted by atomic mass is 9.93. The van der Waals surface area contributed by atoms with Crippen LogP contribution >= 0.6 is 0 Å². The van der Waals surface area contributed by atoms with Crippen molar-refractivity contribution in [1.29, 1.82) is 0 Å². The number of hydrogen-bond donors (Lipinski definition) is 2. The second-order valence-corrected chi connectivity index (χ2v) is 8.76. The Hall–Kier alpha value is -0.633. The first kappa shape index (κ1) is 17.4. The highest BCUT2D eigenvalue weighted by molar-refractivity contribution is 6.64. The van der Waals surface area contributed by atoms with Crippen LogP contribution in [-0.2, 0) is 13.3 Å². The molecule has 0 saturated carbocycles. The Morgan fingerprint density at radius 1 is 1.06 bits per heavy atom. The summed E-state index contributed by atoms with van der Waals surface area (Å²) in [6, 6.07) is -0.144. The maximum Gasteiger partial charge on any atom is 0.508 e. The van der Waals surface area contributed by atoms with Gasteiger partial charge in [-0.25, -0.2) is 4.99 Å². The van der Waals surface area contributed by atoms with Crippen LogP contribution in [0.15, 0.2) is 4.99 Å². The third kappa shape index (κ3) is 3.22. The van der Waals surface area contributed by atoms with Gasteiger partial charge in [-0.05, 0) is 5.92 Å². The van der Waals surface area contributed by atoms with E-state index < -0.39 is 13.8 Å². The van der Waals surface area contributed by atoms with Crippen molar-refractivity contribution in [1.82, 2.24) is 0 Å². The highest BCUT2D eigenvalue weighted by Gasteiger charge is 2.58. The topological polar surface area (TPSA) is 92.1 Å². The molecule has 18 heavy (non-hydrogen) atoms. The molecule has 0 aromatic rings. The van der Waals surface area contributed by atoms with Crippen LogP contribution in [-0.4, -0.2) is 42.1 Å². The van der Waals surface area contributed by atoms with Crippen molar-refractivity contribution in [3.63, 3.8) is 0 Å². The third-order valence-electron chi connectivity index (χ3n) is 3.25. The molecule has 1 atom stereocenters. The maximum atomic E-state index is 5.56. The fourth-order valence-electron chi connectivity index (χ4n) is 2.52. The fourth-order valence-corrected chi connectivity index (χ4v) is 5.36. The Morgan fingerprint density at radius 3 is 1.67 bits per heavy atom. The van der Waals surface area contributed by atoms with Crippen molar-refractivity contribution in [2.75, 3.05) is 21.3 Å². The quantitative estimate of drug-likeness (QED) is 0.410. The van der Waals surface area contributed by atoms with Crippen LogP contribution in [0.1, 0.15) is 27.7 Å². The molecule has 0 bridgehead atoms. The van der Waals surface area contributed by atoms with E-state index in [4.69, 9.17) is 24.7 Å². The summed E-state index contributed by atoms with van der Waals surface area (Å²) in [6.45, 7) is 8.12. The molecule has 0 spiro atoms. The highest BCUT2D eigenvalue weighted by Crippen LogP contribution is 2.45. The van der Waals surface area contributed by atoms with Crippen LogP contribution < -0.4 is 11.5 Å². The van der Waals surface area contributed by atoms with E-state index >= 15 is 0 Å². The van der Waals surface area contributed by atoms with Gasteiger partial charge in [-0.2, -0.15) is 0 Å². The smallest absolute Gasteiger partial charge is 0.376 e. The zero-order valence-corrected chi connectivity index (χ0v) is 13.5. The second-order valence-electron chi connectivity index (χ2n) is 5.13. The summed E-state index contributed by atoms with van der Waals surface area (Å²) in [5.74, 6) is 0.294. The van der Waals surface area contributed by atoms with Crippen molar-refractivity contribution in [2.45, 2.75) is 38.8 Å². The summed E-state index contributed by atoms with van der Waals surface area (Å²) in [4.78, 5) is 4.32. The van der Waals surface area contributed by atoms with E-state index in [1.165, 1.54) is 0 Å². The van der Waals surface area contributed by atoms with E-state index in [1.54, 1.807) is 21.3 Å². The SMILES string of the molecule is CO[Si](OC)(OC)C(C)(C)C(N=C(N)N)C(C)C. The number of hydrogen-bond acceptors (Lipinski definition) is 4. The summed E-state index contributed by atoms with van der Waals surface area (Å²) in [7, 11) is 1.92. The molecular weight excluding hydrogens is 250 g/mol. The standard InChI is InChI=1S/C11H27N3O3Si/c1-8(2)9(14-10(12)13)11(3,4)18(15-5,16-6)17-7/h8-9H,1-7H3,(H4,12,13,14). The minimum atomic E-state index is -2.86. The summed E-state index contributed by atoms with van der Waals surface area (Å²) in [5.41, 5.74) is 11.0. The van der Waals surface area contributed by atoms with Crippen LogP contribution in [0.5, 0.6) is 0 Å². The highest BCUT2D eigenvalue weighted by atomic mass is 28.4. The van der Waals surface area contributed by atoms with Gasteiger partial charge in [0.2, 0.25) is 0 Å². The van der Waals surface area contributed by atoms with Crippen molar-refractivity contribution in [2.24, 2.45) is 22.4 Å². The van der Waals surface area contributed by atoms with Gasteiger partial charge in [0.15, 0.2) is 5.96 Å². The maximum absolute atomic E-state index is 5.56. The molecule has 0 radical (unpaired) electrons. The Bertz CT molecular complexity index is 279. The number of rotatable bonds is 7. The number of nitrogens with zero attached hydrogens (tertiary/aromatic N) is 1. The first-order valence-electron chi connectivity index (χ1n) is 5.92. The number of guanidine groups is 1. The second kappa shape index (κ2) is 6.51. The van der Waals surface area contributed by atoms with Gasteiger partial charge < -0.3 is 24.7 Å². The van der Waals surface area contributed by atoms with Gasteiger partial charge in [0.05, 0.1) is 11.1 Å². The molecular formula is C11H27N3O3Si. The Labute approximate surface area is 111 Å². The first-order valence-corrected chi connectivity index (χ1v) is 7.65. The zero-order chi connectivity index (χ0) is 14.6. The van der Waals surface area contributed by atoms with Gasteiger partial charge >= 0.3 is 8.80 Å². The van der Waals surface area contributed by atoms with E-state index in [2.05, 4.69) is 18.8 Å². The van der Waals surface area contributed by atoms with Crippen LogP contribution in [0.3, 0.4) is 0 Å². The van der Waals surface area contributed by atoms with E-state index in [0.717, 1.165) is 0 Å². The molecule has 1 unspecified atom stereocenters. The third-order valence-corrected chi connectivity index (χ3v) is 6.74. The van der Waals surface area contributed by atoms with Gasteiger partial charge in [0.25, 0.3) is 0 Å². The molecule has 7 heteroatoms. The number of aliphatic imine (C=N–C) groups is 1. The van der Waals surface area contributed by atoms with Crippen molar-refractivity contribution in [3.8, 4) is 0 Å². The van der Waals surface area contributed by atoms with E-state index in [1.807, 2.05) is 13.8 Å². The molecule has 6 nitrogen and oxygen atoms in total. The molecule has 0 aliphatic heterocycles. The lowest BCUT2D eigenvalue weighted by molar-refractivity contribution is 0.0849. The van der Waals surface area contributed by atoms with Gasteiger partial charge in [-0.3, -0.25) is 0 Å². The van der Waals surface area contributed by atoms with Crippen LogP contribution in [0.25, 0.3) is 0 Å². The Morgan fingerprint density at radius 2 is 1.44 bits per heavy atom. The zero-order valence-electron chi connectivity index (χ0n) is 12.5. The van der Waals surface area contributed by atoms with E-state index in [0.29, 0.717) is 0 Å². The molecule has 0 heterocycles. The van der Waals surface area contributed by atoms with Crippen molar-refractivity contribution >= 4 is 14.8 Å². The Kier molecular flexibility index (Phi) is 6.28. The molecule has 4 N–H and O–H groups in total. The lowest BCUT2D eigenvalue weighted by Crippen LogP contribution is -2.57. The predicted molar refractivity (Wildman–Crippen MR) is 75.3 cm³/mol. The molecule has 0 aliphatic carbocycles. The summed E-state index contributed by atoms with van der Waals surface area (Å²) in [6.07, 6.45) is 0. The van der Waals surface area contributed by atoms with Gasteiger partial charge in [0, 0.05) is 21.3 Å². The summed E-state index contributed by atoms with van der Waals surface area (Å²) in [5, 5.41) is -0.441. The monoisotopic (exact) mass is 277 g/mol.